The van der Waals surface area contributed by atoms with Crippen LogP contribution in [0.5, 0.6) is 5.75 Å². The summed E-state index contributed by atoms with van der Waals surface area (Å²) in [7, 11) is 1.39. The molecule has 0 aliphatic heterocycles. The molecule has 0 bridgehead atoms. The van der Waals surface area contributed by atoms with Gasteiger partial charge in [-0.25, -0.2) is 4.39 Å². The van der Waals surface area contributed by atoms with Gasteiger partial charge >= 0.3 is 0 Å². The van der Waals surface area contributed by atoms with Gasteiger partial charge < -0.3 is 15.6 Å². The number of halogens is 1. The van der Waals surface area contributed by atoms with Crippen molar-refractivity contribution in [1.82, 2.24) is 0 Å². The zero-order chi connectivity index (χ0) is 10.7. The van der Waals surface area contributed by atoms with Gasteiger partial charge in [-0.3, -0.25) is 0 Å². The lowest BCUT2D eigenvalue weighted by molar-refractivity contribution is 0.162. The van der Waals surface area contributed by atoms with Gasteiger partial charge in [0, 0.05) is 5.56 Å². The topological polar surface area (TPSA) is 55.5 Å². The van der Waals surface area contributed by atoms with E-state index in [1.807, 2.05) is 0 Å². The molecule has 78 valence electrons. The molecule has 2 atom stereocenters. The predicted octanol–water partition coefficient (Wildman–Crippen LogP) is 1.21. The van der Waals surface area contributed by atoms with Crippen molar-refractivity contribution in [2.45, 2.75) is 19.1 Å². The number of aliphatic hydroxyl groups excluding tert-OH is 1. The van der Waals surface area contributed by atoms with Gasteiger partial charge in [0.25, 0.3) is 0 Å². The Labute approximate surface area is 82.3 Å². The number of hydrogen-bond donors (Lipinski definition) is 2. The zero-order valence-corrected chi connectivity index (χ0v) is 8.20. The van der Waals surface area contributed by atoms with E-state index in [1.165, 1.54) is 26.2 Å². The van der Waals surface area contributed by atoms with Crippen LogP contribution in [0.4, 0.5) is 4.39 Å². The second-order valence-electron chi connectivity index (χ2n) is 3.13. The van der Waals surface area contributed by atoms with Gasteiger partial charge in [0.1, 0.15) is 0 Å². The number of nitrogens with two attached hydrogens (primary N) is 1. The zero-order valence-electron chi connectivity index (χ0n) is 8.20. The number of rotatable bonds is 3. The van der Waals surface area contributed by atoms with Crippen LogP contribution in [0.2, 0.25) is 0 Å². The second-order valence-corrected chi connectivity index (χ2v) is 3.13. The number of benzene rings is 1. The summed E-state index contributed by atoms with van der Waals surface area (Å²) in [5, 5.41) is 9.23. The number of ether oxygens (including phenoxy) is 1. The Balaban J connectivity index is 3.09. The third-order valence-electron chi connectivity index (χ3n) is 2.09. The number of aliphatic hydroxyl groups is 1. The van der Waals surface area contributed by atoms with Gasteiger partial charge in [-0.05, 0) is 13.0 Å². The molecule has 0 radical (unpaired) electrons. The van der Waals surface area contributed by atoms with Gasteiger partial charge in [-0.1, -0.05) is 12.1 Å². The molecule has 0 fully saturated rings. The second kappa shape index (κ2) is 4.39. The average molecular weight is 199 g/mol. The fourth-order valence-electron chi connectivity index (χ4n) is 1.20. The van der Waals surface area contributed by atoms with Gasteiger partial charge in [0.2, 0.25) is 0 Å². The van der Waals surface area contributed by atoms with Crippen LogP contribution >= 0.6 is 0 Å². The molecule has 3 N–H and O–H groups in total. The molecule has 0 amide bonds. The van der Waals surface area contributed by atoms with E-state index in [-0.39, 0.29) is 11.3 Å². The van der Waals surface area contributed by atoms with Crippen LogP contribution in [0, 0.1) is 5.82 Å². The van der Waals surface area contributed by atoms with Crippen LogP contribution in [0.15, 0.2) is 18.2 Å². The van der Waals surface area contributed by atoms with Crippen molar-refractivity contribution < 1.29 is 14.2 Å². The van der Waals surface area contributed by atoms with Gasteiger partial charge in [-0.2, -0.15) is 0 Å². The van der Waals surface area contributed by atoms with E-state index in [2.05, 4.69) is 0 Å². The maximum Gasteiger partial charge on any atom is 0.169 e. The van der Waals surface area contributed by atoms with Gasteiger partial charge in [0.05, 0.1) is 19.3 Å². The maximum atomic E-state index is 13.6. The summed E-state index contributed by atoms with van der Waals surface area (Å²) in [6.45, 7) is 1.52. The van der Waals surface area contributed by atoms with Crippen LogP contribution in [-0.2, 0) is 0 Å². The first kappa shape index (κ1) is 10.9. The first-order valence-electron chi connectivity index (χ1n) is 4.34. The first-order chi connectivity index (χ1) is 6.57. The lowest BCUT2D eigenvalue weighted by Crippen LogP contribution is -2.24. The van der Waals surface area contributed by atoms with E-state index in [9.17, 15) is 9.50 Å². The predicted molar refractivity (Wildman–Crippen MR) is 51.6 cm³/mol. The van der Waals surface area contributed by atoms with Crippen molar-refractivity contribution in [1.29, 1.82) is 0 Å². The molecule has 1 aromatic carbocycles. The normalized spacial score (nSPS) is 14.9. The molecule has 0 aliphatic rings. The minimum absolute atomic E-state index is 0.138. The minimum Gasteiger partial charge on any atom is -0.494 e. The van der Waals surface area contributed by atoms with E-state index in [0.717, 1.165) is 0 Å². The van der Waals surface area contributed by atoms with E-state index in [0.29, 0.717) is 0 Å². The molecule has 0 aliphatic carbocycles. The lowest BCUT2D eigenvalue weighted by Gasteiger charge is -2.16. The van der Waals surface area contributed by atoms with Gasteiger partial charge in [0.15, 0.2) is 11.6 Å². The Morgan fingerprint density at radius 2 is 2.14 bits per heavy atom. The Hall–Kier alpha value is -1.13. The lowest BCUT2D eigenvalue weighted by atomic mass is 10.0. The standard InChI is InChI=1S/C10H14FNO2/c1-6(13)10(12)7-4-3-5-8(14-2)9(7)11/h3-6,10,13H,12H2,1-2H3/t6?,10-/m1/s1. The number of hydrogen-bond acceptors (Lipinski definition) is 3. The van der Waals surface area contributed by atoms with Crippen LogP contribution in [-0.4, -0.2) is 18.3 Å². The smallest absolute Gasteiger partial charge is 0.169 e. The molecule has 4 heteroatoms. The van der Waals surface area contributed by atoms with E-state index < -0.39 is 18.0 Å². The molecule has 1 aromatic rings. The Morgan fingerprint density at radius 3 is 2.64 bits per heavy atom. The fraction of sp³-hybridized carbons (Fsp3) is 0.400. The Kier molecular flexibility index (Phi) is 3.43. The summed E-state index contributed by atoms with van der Waals surface area (Å²) in [4.78, 5) is 0. The molecular weight excluding hydrogens is 185 g/mol. The maximum absolute atomic E-state index is 13.6. The van der Waals surface area contributed by atoms with E-state index >= 15 is 0 Å². The first-order valence-corrected chi connectivity index (χ1v) is 4.34. The van der Waals surface area contributed by atoms with E-state index in [1.54, 1.807) is 6.07 Å². The summed E-state index contributed by atoms with van der Waals surface area (Å²) in [5.41, 5.74) is 5.88. The monoisotopic (exact) mass is 199 g/mol. The Bertz CT molecular complexity index is 315. The van der Waals surface area contributed by atoms with Crippen molar-refractivity contribution in [3.63, 3.8) is 0 Å². The SMILES string of the molecule is COc1cccc([C@H](N)C(C)O)c1F. The summed E-state index contributed by atoms with van der Waals surface area (Å²) >= 11 is 0. The van der Waals surface area contributed by atoms with Crippen LogP contribution in [0.3, 0.4) is 0 Å². The minimum atomic E-state index is -0.795. The molecule has 14 heavy (non-hydrogen) atoms. The van der Waals surface area contributed by atoms with Crippen molar-refractivity contribution in [2.24, 2.45) is 5.73 Å². The molecule has 0 aromatic heterocycles. The Morgan fingerprint density at radius 1 is 1.50 bits per heavy atom. The third-order valence-corrected chi connectivity index (χ3v) is 2.09. The molecule has 3 nitrogen and oxygen atoms in total. The molecule has 0 spiro atoms. The van der Waals surface area contributed by atoms with Crippen LogP contribution in [0.25, 0.3) is 0 Å². The third kappa shape index (κ3) is 2.02. The van der Waals surface area contributed by atoms with Crippen molar-refractivity contribution in [3.8, 4) is 5.75 Å². The average Bonchev–Trinajstić information content (AvgIpc) is 2.17. The summed E-state index contributed by atoms with van der Waals surface area (Å²) in [5.74, 6) is -0.373. The molecule has 0 saturated carbocycles. The molecular formula is C10H14FNO2. The fourth-order valence-corrected chi connectivity index (χ4v) is 1.20. The molecule has 0 heterocycles. The van der Waals surface area contributed by atoms with Crippen molar-refractivity contribution in [3.05, 3.63) is 29.6 Å². The highest BCUT2D eigenvalue weighted by molar-refractivity contribution is 5.33. The van der Waals surface area contributed by atoms with Crippen molar-refractivity contribution in [2.75, 3.05) is 7.11 Å². The summed E-state index contributed by atoms with van der Waals surface area (Å²) in [6.07, 6.45) is -0.795. The van der Waals surface area contributed by atoms with Gasteiger partial charge in [-0.15, -0.1) is 0 Å². The molecule has 1 unspecified atom stereocenters. The van der Waals surface area contributed by atoms with E-state index in [4.69, 9.17) is 10.5 Å². The van der Waals surface area contributed by atoms with Crippen molar-refractivity contribution >= 4 is 0 Å². The largest absolute Gasteiger partial charge is 0.494 e. The number of methoxy groups -OCH3 is 1. The van der Waals surface area contributed by atoms with Crippen LogP contribution < -0.4 is 10.5 Å². The summed E-state index contributed by atoms with van der Waals surface area (Å²) < 4.78 is 18.4. The molecule has 0 saturated heterocycles. The quantitative estimate of drug-likeness (QED) is 0.769. The molecule has 1 rings (SSSR count). The highest BCUT2D eigenvalue weighted by Crippen LogP contribution is 2.25. The highest BCUT2D eigenvalue weighted by atomic mass is 19.1. The van der Waals surface area contributed by atoms with Crippen LogP contribution in [0.1, 0.15) is 18.5 Å². The highest BCUT2D eigenvalue weighted by Gasteiger charge is 2.18. The summed E-state index contributed by atoms with van der Waals surface area (Å²) in [6, 6.07) is 3.95.